The topological polar surface area (TPSA) is 55.2 Å². The lowest BCUT2D eigenvalue weighted by Crippen LogP contribution is -2.34. The van der Waals surface area contributed by atoms with Gasteiger partial charge in [0.15, 0.2) is 5.49 Å². The number of carbonyl (C=O) groups excluding carboxylic acids is 1. The first-order chi connectivity index (χ1) is 6.31. The van der Waals surface area contributed by atoms with Crippen LogP contribution in [0.4, 0.5) is 0 Å². The van der Waals surface area contributed by atoms with Crippen molar-refractivity contribution in [2.75, 3.05) is 6.26 Å². The lowest BCUT2D eigenvalue weighted by molar-refractivity contribution is -0.117. The van der Waals surface area contributed by atoms with Crippen molar-refractivity contribution in [2.45, 2.75) is 11.4 Å². The van der Waals surface area contributed by atoms with Crippen LogP contribution in [0.5, 0.6) is 0 Å². The van der Waals surface area contributed by atoms with Crippen molar-refractivity contribution in [3.8, 4) is 0 Å². The monoisotopic (exact) mass is 193 g/mol. The predicted molar refractivity (Wildman–Crippen MR) is 48.7 cm³/mol. The third-order valence-corrected chi connectivity index (χ3v) is 2.44. The summed E-state index contributed by atoms with van der Waals surface area (Å²) in [5.41, 5.74) is 0.496. The summed E-state index contributed by atoms with van der Waals surface area (Å²) in [6, 6.07) is 0. The van der Waals surface area contributed by atoms with Crippen LogP contribution in [0.15, 0.2) is 16.3 Å². The van der Waals surface area contributed by atoms with Gasteiger partial charge in [-0.25, -0.2) is 9.97 Å². The van der Waals surface area contributed by atoms with Gasteiger partial charge in [-0.1, -0.05) is 6.08 Å². The molecule has 1 amide bonds. The lowest BCUT2D eigenvalue weighted by atomic mass is 10.3. The third kappa shape index (κ3) is 1.47. The van der Waals surface area contributed by atoms with Gasteiger partial charge in [0.05, 0.1) is 0 Å². The highest BCUT2D eigenvalue weighted by Gasteiger charge is 2.06. The van der Waals surface area contributed by atoms with Gasteiger partial charge in [-0.05, 0) is 6.26 Å². The van der Waals surface area contributed by atoms with Crippen molar-refractivity contribution >= 4 is 23.7 Å². The Morgan fingerprint density at radius 1 is 1.46 bits per heavy atom. The summed E-state index contributed by atoms with van der Waals surface area (Å²) in [5, 5.41) is 1.76. The number of carbonyl (C=O) groups is 1. The lowest BCUT2D eigenvalue weighted by Gasteiger charge is -2.00. The number of nitrogens with zero attached hydrogens (tertiary/aromatic N) is 3. The Kier molecular flexibility index (Phi) is 2.10. The summed E-state index contributed by atoms with van der Waals surface area (Å²) >= 11 is 1.53. The Hall–Kier alpha value is -1.23. The predicted octanol–water partition coefficient (Wildman–Crippen LogP) is -0.471. The molecule has 1 aliphatic heterocycles. The second-order valence-electron chi connectivity index (χ2n) is 2.53. The maximum atomic E-state index is 11.0. The largest absolute Gasteiger partial charge is 0.272 e. The van der Waals surface area contributed by atoms with E-state index in [1.807, 2.05) is 12.3 Å². The van der Waals surface area contributed by atoms with Crippen molar-refractivity contribution in [2.24, 2.45) is 4.99 Å². The molecule has 0 atom stereocenters. The van der Waals surface area contributed by atoms with E-state index in [-0.39, 0.29) is 5.91 Å². The molecule has 0 aromatic carbocycles. The van der Waals surface area contributed by atoms with Gasteiger partial charge < -0.3 is 0 Å². The van der Waals surface area contributed by atoms with Crippen molar-refractivity contribution in [1.82, 2.24) is 9.97 Å². The highest BCUT2D eigenvalue weighted by Crippen LogP contribution is 2.02. The third-order valence-electron chi connectivity index (χ3n) is 1.73. The van der Waals surface area contributed by atoms with Gasteiger partial charge in [-0.3, -0.25) is 4.79 Å². The molecule has 1 aliphatic rings. The molecule has 0 aliphatic carbocycles. The SMILES string of the molecule is CSc1ncnc2c1=CCC(=O)N=2. The van der Waals surface area contributed by atoms with Crippen LogP contribution in [0.1, 0.15) is 6.42 Å². The average Bonchev–Trinajstić information content (AvgIpc) is 2.16. The first-order valence-electron chi connectivity index (χ1n) is 3.78. The molecular formula is C8H7N3OS. The first-order valence-corrected chi connectivity index (χ1v) is 5.00. The zero-order valence-corrected chi connectivity index (χ0v) is 7.84. The summed E-state index contributed by atoms with van der Waals surface area (Å²) in [5.74, 6) is -0.141. The normalized spacial score (nSPS) is 14.4. The molecule has 13 heavy (non-hydrogen) atoms. The maximum absolute atomic E-state index is 11.0. The Bertz CT molecular complexity index is 469. The average molecular weight is 193 g/mol. The molecule has 0 unspecified atom stereocenters. The maximum Gasteiger partial charge on any atom is 0.251 e. The van der Waals surface area contributed by atoms with Gasteiger partial charge >= 0.3 is 0 Å². The van der Waals surface area contributed by atoms with E-state index in [0.29, 0.717) is 11.9 Å². The van der Waals surface area contributed by atoms with E-state index in [9.17, 15) is 4.79 Å². The highest BCUT2D eigenvalue weighted by atomic mass is 32.2. The number of fused-ring (bicyclic) bond motifs is 1. The second-order valence-corrected chi connectivity index (χ2v) is 3.33. The fourth-order valence-corrected chi connectivity index (χ4v) is 1.70. The van der Waals surface area contributed by atoms with E-state index in [1.165, 1.54) is 18.1 Å². The molecule has 66 valence electrons. The van der Waals surface area contributed by atoms with Gasteiger partial charge in [-0.15, -0.1) is 11.8 Å². The molecule has 0 radical (unpaired) electrons. The summed E-state index contributed by atoms with van der Waals surface area (Å²) in [6.45, 7) is 0. The Balaban J connectivity index is 2.78. The molecule has 0 N–H and O–H groups in total. The molecule has 0 spiro atoms. The highest BCUT2D eigenvalue weighted by molar-refractivity contribution is 7.98. The quantitative estimate of drug-likeness (QED) is 0.447. The number of thioether (sulfide) groups is 1. The molecule has 1 aromatic heterocycles. The van der Waals surface area contributed by atoms with E-state index >= 15 is 0 Å². The minimum Gasteiger partial charge on any atom is -0.272 e. The van der Waals surface area contributed by atoms with Crippen LogP contribution in [0, 0.1) is 0 Å². The van der Waals surface area contributed by atoms with Crippen LogP contribution < -0.4 is 10.7 Å². The van der Waals surface area contributed by atoms with Crippen LogP contribution in [0.2, 0.25) is 0 Å². The van der Waals surface area contributed by atoms with E-state index in [4.69, 9.17) is 0 Å². The van der Waals surface area contributed by atoms with Crippen molar-refractivity contribution in [1.29, 1.82) is 0 Å². The summed E-state index contributed by atoms with van der Waals surface area (Å²) in [4.78, 5) is 22.8. The Morgan fingerprint density at radius 3 is 3.08 bits per heavy atom. The van der Waals surface area contributed by atoms with Crippen molar-refractivity contribution in [3.63, 3.8) is 0 Å². The Labute approximate surface area is 78.8 Å². The zero-order chi connectivity index (χ0) is 9.26. The summed E-state index contributed by atoms with van der Waals surface area (Å²) < 4.78 is 0. The molecule has 0 saturated carbocycles. The minimum atomic E-state index is -0.141. The Morgan fingerprint density at radius 2 is 2.31 bits per heavy atom. The molecule has 5 heteroatoms. The fraction of sp³-hybridized carbons (Fsp3) is 0.250. The van der Waals surface area contributed by atoms with Gasteiger partial charge in [0.1, 0.15) is 11.4 Å². The van der Waals surface area contributed by atoms with Gasteiger partial charge in [0.25, 0.3) is 5.91 Å². The number of aromatic nitrogens is 2. The number of hydrogen-bond acceptors (Lipinski definition) is 4. The van der Waals surface area contributed by atoms with Crippen LogP contribution in [-0.2, 0) is 4.79 Å². The molecule has 1 aromatic rings. The van der Waals surface area contributed by atoms with Gasteiger partial charge in [0, 0.05) is 11.6 Å². The van der Waals surface area contributed by atoms with E-state index < -0.39 is 0 Å². The van der Waals surface area contributed by atoms with Gasteiger partial charge in [-0.2, -0.15) is 4.99 Å². The van der Waals surface area contributed by atoms with Crippen LogP contribution in [0.25, 0.3) is 6.08 Å². The molecule has 2 heterocycles. The molecule has 2 rings (SSSR count). The number of hydrogen-bond donors (Lipinski definition) is 0. The van der Waals surface area contributed by atoms with Crippen molar-refractivity contribution < 1.29 is 4.79 Å². The van der Waals surface area contributed by atoms with Crippen LogP contribution in [-0.4, -0.2) is 22.1 Å². The standard InChI is InChI=1S/C8H7N3OS/c1-13-8-5-2-3-6(12)11-7(5)9-4-10-8/h2,4H,3H2,1H3. The van der Waals surface area contributed by atoms with Crippen LogP contribution >= 0.6 is 11.8 Å². The molecular weight excluding hydrogens is 186 g/mol. The molecule has 0 fully saturated rings. The summed E-state index contributed by atoms with van der Waals surface area (Å²) in [6.07, 6.45) is 5.55. The smallest absolute Gasteiger partial charge is 0.251 e. The molecule has 0 saturated heterocycles. The van der Waals surface area contributed by atoms with Crippen molar-refractivity contribution in [3.05, 3.63) is 17.0 Å². The first kappa shape index (κ1) is 8.37. The van der Waals surface area contributed by atoms with E-state index in [2.05, 4.69) is 15.0 Å². The zero-order valence-electron chi connectivity index (χ0n) is 7.02. The molecule has 0 bridgehead atoms. The number of amides is 1. The molecule has 4 nitrogen and oxygen atoms in total. The van der Waals surface area contributed by atoms with Crippen LogP contribution in [0.3, 0.4) is 0 Å². The fourth-order valence-electron chi connectivity index (χ4n) is 1.15. The number of rotatable bonds is 1. The minimum absolute atomic E-state index is 0.141. The van der Waals surface area contributed by atoms with E-state index in [1.54, 1.807) is 0 Å². The van der Waals surface area contributed by atoms with Gasteiger partial charge in [0.2, 0.25) is 0 Å². The summed E-state index contributed by atoms with van der Waals surface area (Å²) in [7, 11) is 0. The second kappa shape index (κ2) is 3.26. The van der Waals surface area contributed by atoms with E-state index in [0.717, 1.165) is 10.2 Å².